The Kier molecular flexibility index (Phi) is 5.09. The second kappa shape index (κ2) is 7.84. The Morgan fingerprint density at radius 2 is 2.03 bits per heavy atom. The Balaban J connectivity index is 1.68. The molecular weight excluding hydrogens is 386 g/mol. The Hall–Kier alpha value is -3.52. The highest BCUT2D eigenvalue weighted by Crippen LogP contribution is 2.23. The van der Waals surface area contributed by atoms with Crippen LogP contribution in [0.3, 0.4) is 0 Å². The zero-order chi connectivity index (χ0) is 20.4. The number of rotatable bonds is 6. The number of thiophene rings is 1. The summed E-state index contributed by atoms with van der Waals surface area (Å²) in [5.41, 5.74) is 8.42. The number of primary amides is 1. The summed E-state index contributed by atoms with van der Waals surface area (Å²) in [4.78, 5) is 30.1. The van der Waals surface area contributed by atoms with Crippen LogP contribution in [0.4, 0.5) is 5.69 Å². The lowest BCUT2D eigenvalue weighted by molar-refractivity contribution is -0.117. The van der Waals surface area contributed by atoms with E-state index in [4.69, 9.17) is 5.73 Å². The van der Waals surface area contributed by atoms with Gasteiger partial charge in [-0.2, -0.15) is 5.10 Å². The van der Waals surface area contributed by atoms with Crippen molar-refractivity contribution in [2.24, 2.45) is 5.73 Å². The molecule has 4 rings (SSSR count). The number of carbonyl (C=O) groups is 2. The van der Waals surface area contributed by atoms with Crippen molar-refractivity contribution in [2.45, 2.75) is 19.9 Å². The average molecular weight is 405 g/mol. The fraction of sp³-hybridized carbons (Fsp3) is 0.143. The number of nitrogens with two attached hydrogens (primary N) is 1. The summed E-state index contributed by atoms with van der Waals surface area (Å²) in [6, 6.07) is 12.9. The number of anilines is 1. The number of benzene rings is 1. The third-order valence-electron chi connectivity index (χ3n) is 4.50. The summed E-state index contributed by atoms with van der Waals surface area (Å²) in [6.07, 6.45) is 1.72. The minimum atomic E-state index is -0.455. The Morgan fingerprint density at radius 3 is 2.79 bits per heavy atom. The number of fused-ring (bicyclic) bond motifs is 1. The van der Waals surface area contributed by atoms with Gasteiger partial charge in [0, 0.05) is 16.3 Å². The maximum absolute atomic E-state index is 13.1. The van der Waals surface area contributed by atoms with Crippen LogP contribution in [0.25, 0.3) is 11.0 Å². The molecule has 0 bridgehead atoms. The van der Waals surface area contributed by atoms with Crippen LogP contribution < -0.4 is 11.1 Å². The lowest BCUT2D eigenvalue weighted by Crippen LogP contribution is -2.18. The second-order valence-corrected chi connectivity index (χ2v) is 7.72. The molecule has 4 aromatic rings. The molecule has 29 heavy (non-hydrogen) atoms. The van der Waals surface area contributed by atoms with Crippen molar-refractivity contribution < 1.29 is 9.59 Å². The van der Waals surface area contributed by atoms with Gasteiger partial charge in [-0.15, -0.1) is 11.3 Å². The molecular formula is C21H19N5O2S. The van der Waals surface area contributed by atoms with E-state index in [1.165, 1.54) is 0 Å². The summed E-state index contributed by atoms with van der Waals surface area (Å²) in [7, 11) is 0. The third-order valence-corrected chi connectivity index (χ3v) is 5.36. The van der Waals surface area contributed by atoms with Gasteiger partial charge in [0.05, 0.1) is 30.1 Å². The molecule has 0 aliphatic carbocycles. The molecule has 0 fully saturated rings. The van der Waals surface area contributed by atoms with Gasteiger partial charge in [0.2, 0.25) is 5.91 Å². The minimum Gasteiger partial charge on any atom is -0.369 e. The molecule has 2 amide bonds. The van der Waals surface area contributed by atoms with E-state index < -0.39 is 5.91 Å². The van der Waals surface area contributed by atoms with E-state index in [2.05, 4.69) is 15.4 Å². The van der Waals surface area contributed by atoms with Gasteiger partial charge in [0.1, 0.15) is 0 Å². The maximum Gasteiger partial charge on any atom is 0.256 e. The van der Waals surface area contributed by atoms with E-state index in [-0.39, 0.29) is 12.3 Å². The van der Waals surface area contributed by atoms with Crippen LogP contribution in [0.15, 0.2) is 54.0 Å². The number of aromatic nitrogens is 3. The van der Waals surface area contributed by atoms with Gasteiger partial charge < -0.3 is 11.1 Å². The zero-order valence-electron chi connectivity index (χ0n) is 15.8. The van der Waals surface area contributed by atoms with E-state index in [0.29, 0.717) is 34.4 Å². The van der Waals surface area contributed by atoms with E-state index in [1.54, 1.807) is 52.5 Å². The van der Waals surface area contributed by atoms with Crippen LogP contribution in [-0.4, -0.2) is 26.6 Å². The smallest absolute Gasteiger partial charge is 0.256 e. The number of aryl methyl sites for hydroxylation is 1. The molecule has 146 valence electrons. The number of pyridine rings is 1. The predicted octanol–water partition coefficient (Wildman–Crippen LogP) is 3.13. The first-order chi connectivity index (χ1) is 14.0. The van der Waals surface area contributed by atoms with Crippen molar-refractivity contribution in [3.05, 3.63) is 75.7 Å². The topological polar surface area (TPSA) is 103 Å². The van der Waals surface area contributed by atoms with Crippen molar-refractivity contribution in [2.75, 3.05) is 5.32 Å². The number of hydrogen-bond donors (Lipinski definition) is 2. The number of carbonyl (C=O) groups excluding carboxylic acids is 2. The molecule has 0 saturated carbocycles. The summed E-state index contributed by atoms with van der Waals surface area (Å²) < 4.78 is 1.80. The monoisotopic (exact) mass is 405 g/mol. The molecule has 8 heteroatoms. The molecule has 3 aromatic heterocycles. The third kappa shape index (κ3) is 4.02. The summed E-state index contributed by atoms with van der Waals surface area (Å²) >= 11 is 1.65. The Morgan fingerprint density at radius 1 is 1.21 bits per heavy atom. The van der Waals surface area contributed by atoms with Gasteiger partial charge in [-0.05, 0) is 36.1 Å². The lowest BCUT2D eigenvalue weighted by Gasteiger charge is -2.11. The second-order valence-electron chi connectivity index (χ2n) is 6.68. The van der Waals surface area contributed by atoms with E-state index in [0.717, 1.165) is 10.6 Å². The first kappa shape index (κ1) is 18.8. The maximum atomic E-state index is 13.1. The molecule has 0 spiro atoms. The summed E-state index contributed by atoms with van der Waals surface area (Å²) in [5, 5.41) is 10.0. The van der Waals surface area contributed by atoms with Gasteiger partial charge >= 0.3 is 0 Å². The number of nitrogens with one attached hydrogen (secondary N) is 1. The van der Waals surface area contributed by atoms with Crippen molar-refractivity contribution in [3.8, 4) is 0 Å². The van der Waals surface area contributed by atoms with Gasteiger partial charge in [0.25, 0.3) is 5.91 Å². The Bertz CT molecular complexity index is 1200. The molecule has 0 radical (unpaired) electrons. The molecule has 0 unspecified atom stereocenters. The van der Waals surface area contributed by atoms with E-state index in [9.17, 15) is 9.59 Å². The molecule has 3 heterocycles. The zero-order valence-corrected chi connectivity index (χ0v) is 16.6. The van der Waals surface area contributed by atoms with Gasteiger partial charge in [-0.1, -0.05) is 24.3 Å². The number of para-hydroxylation sites is 1. The minimum absolute atomic E-state index is 0.0555. The van der Waals surface area contributed by atoms with Crippen LogP contribution in [0.2, 0.25) is 0 Å². The van der Waals surface area contributed by atoms with Crippen molar-refractivity contribution in [1.29, 1.82) is 0 Å². The summed E-state index contributed by atoms with van der Waals surface area (Å²) in [6.45, 7) is 2.44. The van der Waals surface area contributed by atoms with Crippen molar-refractivity contribution >= 4 is 39.9 Å². The van der Waals surface area contributed by atoms with Gasteiger partial charge in [-0.25, -0.2) is 9.67 Å². The molecule has 0 aliphatic heterocycles. The van der Waals surface area contributed by atoms with E-state index >= 15 is 0 Å². The number of amides is 2. The highest BCUT2D eigenvalue weighted by molar-refractivity contribution is 7.09. The fourth-order valence-corrected chi connectivity index (χ4v) is 3.89. The van der Waals surface area contributed by atoms with Gasteiger partial charge in [-0.3, -0.25) is 9.59 Å². The highest BCUT2D eigenvalue weighted by Gasteiger charge is 2.17. The van der Waals surface area contributed by atoms with Crippen molar-refractivity contribution in [1.82, 2.24) is 14.8 Å². The van der Waals surface area contributed by atoms with Crippen LogP contribution in [0, 0.1) is 6.92 Å². The first-order valence-corrected chi connectivity index (χ1v) is 9.92. The molecule has 0 atom stereocenters. The van der Waals surface area contributed by atoms with E-state index in [1.807, 2.05) is 24.4 Å². The lowest BCUT2D eigenvalue weighted by atomic mass is 10.1. The molecule has 0 saturated heterocycles. The normalized spacial score (nSPS) is 10.9. The molecule has 0 aliphatic rings. The van der Waals surface area contributed by atoms with Crippen molar-refractivity contribution in [3.63, 3.8) is 0 Å². The number of nitrogens with zero attached hydrogens (tertiary/aromatic N) is 3. The van der Waals surface area contributed by atoms with Crippen LogP contribution in [0.5, 0.6) is 0 Å². The van der Waals surface area contributed by atoms with Crippen LogP contribution in [-0.2, 0) is 17.8 Å². The standard InChI is InChI=1S/C21H19N5O2S/c1-13-9-16(21(28)25-18-7-3-2-5-14(18)10-19(22)27)17-11-23-26(20(17)24-13)12-15-6-4-8-29-15/h2-9,11H,10,12H2,1H3,(H2,22,27)(H,25,28). The largest absolute Gasteiger partial charge is 0.369 e. The molecule has 1 aromatic carbocycles. The fourth-order valence-electron chi connectivity index (χ4n) is 3.20. The van der Waals surface area contributed by atoms with Crippen LogP contribution in [0.1, 0.15) is 26.5 Å². The molecule has 3 N–H and O–H groups in total. The average Bonchev–Trinajstić information content (AvgIpc) is 3.33. The number of hydrogen-bond acceptors (Lipinski definition) is 5. The Labute approximate surface area is 171 Å². The highest BCUT2D eigenvalue weighted by atomic mass is 32.1. The first-order valence-electron chi connectivity index (χ1n) is 9.04. The predicted molar refractivity (Wildman–Crippen MR) is 113 cm³/mol. The quantitative estimate of drug-likeness (QED) is 0.514. The summed E-state index contributed by atoms with van der Waals surface area (Å²) in [5.74, 6) is -0.739. The molecule has 7 nitrogen and oxygen atoms in total. The van der Waals surface area contributed by atoms with Gasteiger partial charge in [0.15, 0.2) is 5.65 Å². The van der Waals surface area contributed by atoms with Crippen LogP contribution >= 0.6 is 11.3 Å². The SMILES string of the molecule is Cc1cc(C(=O)Nc2ccccc2CC(N)=O)c2cnn(Cc3cccs3)c2n1.